The number of anilines is 1. The predicted molar refractivity (Wildman–Crippen MR) is 96.0 cm³/mol. The van der Waals surface area contributed by atoms with Crippen molar-refractivity contribution >= 4 is 34.6 Å². The Kier molecular flexibility index (Phi) is 5.50. The molecule has 2 rings (SSSR count). The summed E-state index contributed by atoms with van der Waals surface area (Å²) >= 11 is 11.3. The van der Waals surface area contributed by atoms with Crippen LogP contribution in [0.5, 0.6) is 0 Å². The summed E-state index contributed by atoms with van der Waals surface area (Å²) in [5, 5.41) is 8.10. The van der Waals surface area contributed by atoms with Gasteiger partial charge >= 0.3 is 0 Å². The summed E-state index contributed by atoms with van der Waals surface area (Å²) in [5.74, 6) is 0.827. The van der Waals surface area contributed by atoms with E-state index in [9.17, 15) is 0 Å². The highest BCUT2D eigenvalue weighted by Gasteiger charge is 2.29. The molecule has 21 heavy (non-hydrogen) atoms. The lowest BCUT2D eigenvalue weighted by Crippen LogP contribution is -2.41. The molecule has 0 heterocycles. The van der Waals surface area contributed by atoms with Crippen molar-refractivity contribution < 1.29 is 0 Å². The number of nitrogens with one attached hydrogen (secondary N) is 2. The second-order valence-electron chi connectivity index (χ2n) is 7.02. The summed E-state index contributed by atoms with van der Waals surface area (Å²) in [6, 6.07) is 8.10. The van der Waals surface area contributed by atoms with Crippen LogP contribution >= 0.6 is 23.8 Å². The van der Waals surface area contributed by atoms with Crippen molar-refractivity contribution in [2.45, 2.75) is 52.5 Å². The molecular formula is C17H25ClN2S. The molecule has 2 N–H and O–H groups in total. The molecule has 0 bridgehead atoms. The quantitative estimate of drug-likeness (QED) is 0.728. The lowest BCUT2D eigenvalue weighted by molar-refractivity contribution is 0.166. The summed E-state index contributed by atoms with van der Waals surface area (Å²) in [4.78, 5) is 0. The van der Waals surface area contributed by atoms with Crippen LogP contribution in [-0.2, 0) is 0 Å². The van der Waals surface area contributed by atoms with E-state index in [0.29, 0.717) is 16.6 Å². The maximum atomic E-state index is 5.88. The first-order valence-corrected chi connectivity index (χ1v) is 8.46. The molecular weight excluding hydrogens is 300 g/mol. The Morgan fingerprint density at radius 2 is 1.67 bits per heavy atom. The van der Waals surface area contributed by atoms with Gasteiger partial charge in [-0.1, -0.05) is 32.4 Å². The van der Waals surface area contributed by atoms with Crippen LogP contribution in [0, 0.1) is 11.3 Å². The number of hydrogen-bond donors (Lipinski definition) is 2. The van der Waals surface area contributed by atoms with E-state index in [1.54, 1.807) is 0 Å². The van der Waals surface area contributed by atoms with Gasteiger partial charge in [0.1, 0.15) is 0 Å². The summed E-state index contributed by atoms with van der Waals surface area (Å²) in [6.45, 7) is 7.04. The molecule has 1 aromatic rings. The standard InChI is InChI=1S/C17H25ClN2S/c1-17(2,3)12-4-8-14(9-5-12)19-16(21)20-15-10-6-13(18)7-11-15/h6-7,10-12,14H,4-5,8-9H2,1-3H3,(H2,19,20,21). The Bertz CT molecular complexity index is 471. The zero-order chi connectivity index (χ0) is 15.5. The van der Waals surface area contributed by atoms with E-state index in [1.807, 2.05) is 24.3 Å². The minimum Gasteiger partial charge on any atom is -0.360 e. The van der Waals surface area contributed by atoms with E-state index in [2.05, 4.69) is 31.4 Å². The molecule has 0 aromatic heterocycles. The summed E-state index contributed by atoms with van der Waals surface area (Å²) < 4.78 is 0. The average molecular weight is 325 g/mol. The molecule has 0 unspecified atom stereocenters. The number of benzene rings is 1. The first-order chi connectivity index (χ1) is 9.84. The minimum absolute atomic E-state index is 0.424. The summed E-state index contributed by atoms with van der Waals surface area (Å²) in [7, 11) is 0. The van der Waals surface area contributed by atoms with E-state index < -0.39 is 0 Å². The van der Waals surface area contributed by atoms with E-state index in [0.717, 1.165) is 16.6 Å². The van der Waals surface area contributed by atoms with Gasteiger partial charge in [0.05, 0.1) is 0 Å². The Balaban J connectivity index is 1.78. The van der Waals surface area contributed by atoms with E-state index in [4.69, 9.17) is 23.8 Å². The monoisotopic (exact) mass is 324 g/mol. The predicted octanol–water partition coefficient (Wildman–Crippen LogP) is 5.23. The third-order valence-corrected chi connectivity index (χ3v) is 4.86. The van der Waals surface area contributed by atoms with Crippen LogP contribution < -0.4 is 10.6 Å². The van der Waals surface area contributed by atoms with Gasteiger partial charge in [0.2, 0.25) is 0 Å². The molecule has 0 spiro atoms. The van der Waals surface area contributed by atoms with E-state index in [1.165, 1.54) is 25.7 Å². The lowest BCUT2D eigenvalue weighted by Gasteiger charge is -2.37. The van der Waals surface area contributed by atoms with Crippen molar-refractivity contribution in [2.75, 3.05) is 5.32 Å². The third-order valence-electron chi connectivity index (χ3n) is 4.39. The molecule has 116 valence electrons. The van der Waals surface area contributed by atoms with E-state index in [-0.39, 0.29) is 0 Å². The van der Waals surface area contributed by atoms with Gasteiger partial charge in [-0.15, -0.1) is 0 Å². The largest absolute Gasteiger partial charge is 0.360 e. The molecule has 1 aliphatic rings. The summed E-state index contributed by atoms with van der Waals surface area (Å²) in [5.41, 5.74) is 1.40. The van der Waals surface area contributed by atoms with Crippen LogP contribution in [0.2, 0.25) is 5.02 Å². The van der Waals surface area contributed by atoms with Gasteiger partial charge in [0.15, 0.2) is 5.11 Å². The topological polar surface area (TPSA) is 24.1 Å². The number of thiocarbonyl (C=S) groups is 1. The minimum atomic E-state index is 0.424. The SMILES string of the molecule is CC(C)(C)C1CCC(NC(=S)Nc2ccc(Cl)cc2)CC1. The summed E-state index contributed by atoms with van der Waals surface area (Å²) in [6.07, 6.45) is 4.96. The van der Waals surface area contributed by atoms with Crippen LogP contribution in [0.15, 0.2) is 24.3 Å². The highest BCUT2D eigenvalue weighted by molar-refractivity contribution is 7.80. The average Bonchev–Trinajstić information content (AvgIpc) is 2.41. The normalized spacial score (nSPS) is 22.7. The Hall–Kier alpha value is -0.800. The lowest BCUT2D eigenvalue weighted by atomic mass is 9.71. The highest BCUT2D eigenvalue weighted by Crippen LogP contribution is 2.37. The second-order valence-corrected chi connectivity index (χ2v) is 7.86. The number of halogens is 1. The fourth-order valence-corrected chi connectivity index (χ4v) is 3.40. The molecule has 1 aromatic carbocycles. The molecule has 0 aliphatic heterocycles. The van der Waals surface area contributed by atoms with Gasteiger partial charge in [-0.05, 0) is 73.5 Å². The van der Waals surface area contributed by atoms with Crippen LogP contribution in [0.3, 0.4) is 0 Å². The second kappa shape index (κ2) is 6.97. The van der Waals surface area contributed by atoms with E-state index >= 15 is 0 Å². The van der Waals surface area contributed by atoms with Crippen LogP contribution in [0.25, 0.3) is 0 Å². The van der Waals surface area contributed by atoms with Crippen molar-refractivity contribution in [3.8, 4) is 0 Å². The van der Waals surface area contributed by atoms with Crippen molar-refractivity contribution in [1.82, 2.24) is 5.32 Å². The van der Waals surface area contributed by atoms with Gasteiger partial charge in [0.25, 0.3) is 0 Å². The smallest absolute Gasteiger partial charge is 0.170 e. The molecule has 0 amide bonds. The highest BCUT2D eigenvalue weighted by atomic mass is 35.5. The zero-order valence-corrected chi connectivity index (χ0v) is 14.7. The van der Waals surface area contributed by atoms with Gasteiger partial charge in [-0.25, -0.2) is 0 Å². The van der Waals surface area contributed by atoms with Gasteiger partial charge in [0, 0.05) is 16.8 Å². The van der Waals surface area contributed by atoms with Crippen molar-refractivity contribution in [2.24, 2.45) is 11.3 Å². The first-order valence-electron chi connectivity index (χ1n) is 7.67. The Morgan fingerprint density at radius 3 is 2.19 bits per heavy atom. The third kappa shape index (κ3) is 5.15. The molecule has 1 saturated carbocycles. The molecule has 0 radical (unpaired) electrons. The maximum absolute atomic E-state index is 5.88. The van der Waals surface area contributed by atoms with Crippen LogP contribution in [0.1, 0.15) is 46.5 Å². The number of rotatable bonds is 2. The number of hydrogen-bond acceptors (Lipinski definition) is 1. The maximum Gasteiger partial charge on any atom is 0.170 e. The Morgan fingerprint density at radius 1 is 1.10 bits per heavy atom. The van der Waals surface area contributed by atoms with Gasteiger partial charge in [-0.2, -0.15) is 0 Å². The van der Waals surface area contributed by atoms with Crippen LogP contribution in [-0.4, -0.2) is 11.2 Å². The molecule has 0 atom stereocenters. The molecule has 1 fully saturated rings. The van der Waals surface area contributed by atoms with Crippen molar-refractivity contribution in [1.29, 1.82) is 0 Å². The fourth-order valence-electron chi connectivity index (χ4n) is 2.99. The zero-order valence-electron chi connectivity index (χ0n) is 13.1. The van der Waals surface area contributed by atoms with Gasteiger partial charge < -0.3 is 10.6 Å². The van der Waals surface area contributed by atoms with Crippen molar-refractivity contribution in [3.05, 3.63) is 29.3 Å². The van der Waals surface area contributed by atoms with Crippen LogP contribution in [0.4, 0.5) is 5.69 Å². The van der Waals surface area contributed by atoms with Gasteiger partial charge in [-0.3, -0.25) is 0 Å². The molecule has 4 heteroatoms. The molecule has 2 nitrogen and oxygen atoms in total. The first kappa shape index (κ1) is 16.6. The fraction of sp³-hybridized carbons (Fsp3) is 0.588. The molecule has 1 aliphatic carbocycles. The Labute approximate surface area is 138 Å². The van der Waals surface area contributed by atoms with Crippen molar-refractivity contribution in [3.63, 3.8) is 0 Å². The molecule has 0 saturated heterocycles.